The molecule has 170 valence electrons. The fourth-order valence-electron chi connectivity index (χ4n) is 4.01. The highest BCUT2D eigenvalue weighted by Crippen LogP contribution is 2.32. The summed E-state index contributed by atoms with van der Waals surface area (Å²) in [6.45, 7) is 3.37. The molecule has 0 unspecified atom stereocenters. The Bertz CT molecular complexity index is 1480. The number of halogens is 1. The Morgan fingerprint density at radius 2 is 1.85 bits per heavy atom. The first-order valence-electron chi connectivity index (χ1n) is 10.3. The van der Waals surface area contributed by atoms with Gasteiger partial charge in [-0.3, -0.25) is 9.59 Å². The van der Waals surface area contributed by atoms with Gasteiger partial charge >= 0.3 is 11.6 Å². The van der Waals surface area contributed by atoms with Gasteiger partial charge in [-0.05, 0) is 31.5 Å². The lowest BCUT2D eigenvalue weighted by molar-refractivity contribution is -0.139. The fraction of sp³-hybridized carbons (Fsp3) is 0.240. The minimum absolute atomic E-state index is 0.188. The number of hydrogen-bond donors (Lipinski definition) is 0. The molecular formula is C25H22ClNO6. The van der Waals surface area contributed by atoms with Gasteiger partial charge in [-0.2, -0.15) is 0 Å². The van der Waals surface area contributed by atoms with Gasteiger partial charge < -0.3 is 18.5 Å². The highest BCUT2D eigenvalue weighted by atomic mass is 35.5. The average molecular weight is 468 g/mol. The molecule has 0 fully saturated rings. The van der Waals surface area contributed by atoms with E-state index in [4.69, 9.17) is 20.8 Å². The summed E-state index contributed by atoms with van der Waals surface area (Å²) in [6.07, 6.45) is -0.199. The van der Waals surface area contributed by atoms with Gasteiger partial charge in [-0.25, -0.2) is 4.79 Å². The lowest BCUT2D eigenvalue weighted by Gasteiger charge is -2.11. The summed E-state index contributed by atoms with van der Waals surface area (Å²) in [6, 6.07) is 10.8. The molecule has 2 aromatic heterocycles. The van der Waals surface area contributed by atoms with Crippen LogP contribution in [0, 0.1) is 13.8 Å². The van der Waals surface area contributed by atoms with Gasteiger partial charge in [0.05, 0.1) is 24.1 Å². The molecular weight excluding hydrogens is 446 g/mol. The molecule has 33 heavy (non-hydrogen) atoms. The van der Waals surface area contributed by atoms with Crippen LogP contribution in [0.3, 0.4) is 0 Å². The first-order valence-corrected chi connectivity index (χ1v) is 10.6. The maximum absolute atomic E-state index is 13.0. The number of benzene rings is 2. The number of esters is 1. The summed E-state index contributed by atoms with van der Waals surface area (Å²) in [7, 11) is 3.16. The van der Waals surface area contributed by atoms with E-state index in [0.29, 0.717) is 16.5 Å². The smallest absolute Gasteiger partial charge is 0.340 e. The summed E-state index contributed by atoms with van der Waals surface area (Å²) in [5, 5.41) is 1.68. The van der Waals surface area contributed by atoms with Crippen molar-refractivity contribution in [2.75, 3.05) is 13.7 Å². The number of para-hydroxylation sites is 1. The third-order valence-electron chi connectivity index (χ3n) is 5.93. The van der Waals surface area contributed by atoms with Crippen LogP contribution in [0.5, 0.6) is 5.75 Å². The number of ketones is 1. The highest BCUT2D eigenvalue weighted by molar-refractivity contribution is 6.32. The number of rotatable bonds is 6. The van der Waals surface area contributed by atoms with Gasteiger partial charge in [-0.15, -0.1) is 0 Å². The van der Waals surface area contributed by atoms with E-state index in [1.54, 1.807) is 13.0 Å². The van der Waals surface area contributed by atoms with Crippen LogP contribution in [0.4, 0.5) is 0 Å². The van der Waals surface area contributed by atoms with E-state index in [2.05, 4.69) is 4.74 Å². The Balaban J connectivity index is 1.65. The zero-order valence-electron chi connectivity index (χ0n) is 18.7. The van der Waals surface area contributed by atoms with Crippen LogP contribution in [0.15, 0.2) is 45.6 Å². The largest absolute Gasteiger partial charge is 0.484 e. The van der Waals surface area contributed by atoms with E-state index in [1.807, 2.05) is 42.8 Å². The van der Waals surface area contributed by atoms with Crippen molar-refractivity contribution in [3.63, 3.8) is 0 Å². The van der Waals surface area contributed by atoms with E-state index < -0.39 is 11.6 Å². The molecule has 8 heteroatoms. The lowest BCUT2D eigenvalue weighted by Crippen LogP contribution is -2.16. The summed E-state index contributed by atoms with van der Waals surface area (Å²) < 4.78 is 17.7. The van der Waals surface area contributed by atoms with Crippen molar-refractivity contribution < 1.29 is 23.5 Å². The quantitative estimate of drug-likeness (QED) is 0.235. The van der Waals surface area contributed by atoms with Crippen LogP contribution in [0.1, 0.15) is 27.2 Å². The van der Waals surface area contributed by atoms with Gasteiger partial charge in [-0.1, -0.05) is 29.8 Å². The Labute approximate surface area is 194 Å². The molecule has 0 saturated carbocycles. The SMILES string of the molecule is COC(=O)Cc1c(C)c2cc(Cl)c(OCC(=O)c3c(C)n(C)c4ccccc34)cc2oc1=O. The van der Waals surface area contributed by atoms with E-state index in [-0.39, 0.29) is 40.7 Å². The number of hydrogen-bond acceptors (Lipinski definition) is 6. The molecule has 4 rings (SSSR count). The zero-order valence-corrected chi connectivity index (χ0v) is 19.4. The van der Waals surface area contributed by atoms with Crippen molar-refractivity contribution in [3.8, 4) is 5.75 Å². The summed E-state index contributed by atoms with van der Waals surface area (Å²) in [5.74, 6) is -0.511. The Hall–Kier alpha value is -3.58. The second-order valence-electron chi connectivity index (χ2n) is 7.77. The van der Waals surface area contributed by atoms with Crippen LogP contribution in [0.25, 0.3) is 21.9 Å². The predicted molar refractivity (Wildman–Crippen MR) is 125 cm³/mol. The number of Topliss-reactive ketones (excluding diaryl/α,β-unsaturated/α-hetero) is 1. The minimum atomic E-state index is -0.638. The first-order chi connectivity index (χ1) is 15.7. The third-order valence-corrected chi connectivity index (χ3v) is 6.22. The van der Waals surface area contributed by atoms with Crippen molar-refractivity contribution >= 4 is 45.2 Å². The van der Waals surface area contributed by atoms with Crippen molar-refractivity contribution in [3.05, 3.63) is 74.2 Å². The number of fused-ring (bicyclic) bond motifs is 2. The van der Waals surface area contributed by atoms with Gasteiger partial charge in [0, 0.05) is 40.7 Å². The molecule has 0 saturated heterocycles. The van der Waals surface area contributed by atoms with Crippen molar-refractivity contribution in [2.45, 2.75) is 20.3 Å². The van der Waals surface area contributed by atoms with Crippen molar-refractivity contribution in [1.29, 1.82) is 0 Å². The van der Waals surface area contributed by atoms with E-state index in [1.165, 1.54) is 13.2 Å². The second-order valence-corrected chi connectivity index (χ2v) is 8.18. The fourth-order valence-corrected chi connectivity index (χ4v) is 4.23. The van der Waals surface area contributed by atoms with Gasteiger partial charge in [0.1, 0.15) is 11.3 Å². The topological polar surface area (TPSA) is 87.7 Å². The molecule has 0 atom stereocenters. The number of carbonyl (C=O) groups is 2. The number of nitrogens with zero attached hydrogens (tertiary/aromatic N) is 1. The number of aryl methyl sites for hydroxylation is 2. The van der Waals surface area contributed by atoms with Gasteiger partial charge in [0.25, 0.3) is 0 Å². The highest BCUT2D eigenvalue weighted by Gasteiger charge is 2.20. The van der Waals surface area contributed by atoms with Crippen LogP contribution in [-0.2, 0) is 23.0 Å². The van der Waals surface area contributed by atoms with E-state index >= 15 is 0 Å². The molecule has 2 aromatic carbocycles. The average Bonchev–Trinajstić information content (AvgIpc) is 3.06. The Kier molecular flexibility index (Phi) is 5.99. The molecule has 0 N–H and O–H groups in total. The Morgan fingerprint density at radius 3 is 2.58 bits per heavy atom. The number of ether oxygens (including phenoxy) is 2. The van der Waals surface area contributed by atoms with Crippen LogP contribution in [-0.4, -0.2) is 30.0 Å². The normalized spacial score (nSPS) is 11.2. The molecule has 7 nitrogen and oxygen atoms in total. The maximum Gasteiger partial charge on any atom is 0.340 e. The van der Waals surface area contributed by atoms with Gasteiger partial charge in [0.2, 0.25) is 5.78 Å². The predicted octanol–water partition coefficient (Wildman–Crippen LogP) is 4.53. The van der Waals surface area contributed by atoms with Crippen molar-refractivity contribution in [1.82, 2.24) is 4.57 Å². The standard InChI is InChI=1S/C25H22ClNO6/c1-13-16-9-18(26)22(11-21(16)33-25(30)17(13)10-23(29)31-4)32-12-20(28)24-14(2)27(3)19-8-6-5-7-15(19)24/h5-9,11H,10,12H2,1-4H3. The summed E-state index contributed by atoms with van der Waals surface area (Å²) in [4.78, 5) is 37.1. The van der Waals surface area contributed by atoms with Crippen LogP contribution >= 0.6 is 11.6 Å². The van der Waals surface area contributed by atoms with Crippen LogP contribution in [0.2, 0.25) is 5.02 Å². The monoisotopic (exact) mass is 467 g/mol. The summed E-state index contributed by atoms with van der Waals surface area (Å²) in [5.41, 5.74) is 2.79. The second kappa shape index (κ2) is 8.75. The van der Waals surface area contributed by atoms with Crippen LogP contribution < -0.4 is 10.4 Å². The number of aromatic nitrogens is 1. The zero-order chi connectivity index (χ0) is 23.9. The number of carbonyl (C=O) groups excluding carboxylic acids is 2. The molecule has 0 bridgehead atoms. The van der Waals surface area contributed by atoms with E-state index in [0.717, 1.165) is 16.6 Å². The van der Waals surface area contributed by atoms with Gasteiger partial charge in [0.15, 0.2) is 6.61 Å². The molecule has 4 aromatic rings. The third kappa shape index (κ3) is 4.00. The summed E-state index contributed by atoms with van der Waals surface area (Å²) >= 11 is 6.41. The molecule has 0 radical (unpaired) electrons. The molecule has 0 aliphatic heterocycles. The number of methoxy groups -OCH3 is 1. The lowest BCUT2D eigenvalue weighted by atomic mass is 10.0. The first kappa shape index (κ1) is 22.6. The molecule has 0 aliphatic rings. The maximum atomic E-state index is 13.0. The molecule has 2 heterocycles. The molecule has 0 amide bonds. The molecule has 0 aliphatic carbocycles. The molecule has 0 spiro atoms. The van der Waals surface area contributed by atoms with Crippen molar-refractivity contribution in [2.24, 2.45) is 7.05 Å². The minimum Gasteiger partial charge on any atom is -0.484 e. The van der Waals surface area contributed by atoms with E-state index in [9.17, 15) is 14.4 Å². The Morgan fingerprint density at radius 1 is 1.12 bits per heavy atom.